The molecule has 2 aromatic rings. The van der Waals surface area contributed by atoms with Gasteiger partial charge in [-0.15, -0.1) is 0 Å². The summed E-state index contributed by atoms with van der Waals surface area (Å²) in [5.41, 5.74) is 0.464. The van der Waals surface area contributed by atoms with Gasteiger partial charge in [0, 0.05) is 6.07 Å². The van der Waals surface area contributed by atoms with Gasteiger partial charge in [-0.1, -0.05) is 9.95 Å². The highest BCUT2D eigenvalue weighted by molar-refractivity contribution is 7.81. The summed E-state index contributed by atoms with van der Waals surface area (Å²) in [5, 5.41) is 7.66. The van der Waals surface area contributed by atoms with E-state index in [1.807, 2.05) is 0 Å². The zero-order valence-corrected chi connectivity index (χ0v) is 8.63. The molecule has 0 atom stereocenters. The summed E-state index contributed by atoms with van der Waals surface area (Å²) < 4.78 is 36.9. The number of halogens is 1. The molecule has 0 aliphatic carbocycles. The minimum atomic E-state index is -5.01. The standard InChI is InChI=1S/C8H6FN3O3S/c9-16(13,14)15-8-3-1-2-7(6-8)12-10-4-5-11-12/h1-6H. The molecule has 0 aliphatic rings. The van der Waals surface area contributed by atoms with Crippen LogP contribution in [0.3, 0.4) is 0 Å². The van der Waals surface area contributed by atoms with Crippen molar-refractivity contribution in [1.29, 1.82) is 0 Å². The van der Waals surface area contributed by atoms with Crippen LogP contribution in [0.5, 0.6) is 5.75 Å². The molecule has 0 bridgehead atoms. The number of aromatic nitrogens is 3. The highest BCUT2D eigenvalue weighted by Crippen LogP contribution is 2.17. The zero-order valence-electron chi connectivity index (χ0n) is 7.82. The average molecular weight is 243 g/mol. The molecule has 0 unspecified atom stereocenters. The van der Waals surface area contributed by atoms with Gasteiger partial charge < -0.3 is 4.18 Å². The van der Waals surface area contributed by atoms with Crippen molar-refractivity contribution in [3.63, 3.8) is 0 Å². The molecule has 0 aliphatic heterocycles. The summed E-state index contributed by atoms with van der Waals surface area (Å²) in [6.07, 6.45) is 2.92. The van der Waals surface area contributed by atoms with Crippen LogP contribution in [0.15, 0.2) is 36.7 Å². The van der Waals surface area contributed by atoms with E-state index >= 15 is 0 Å². The molecule has 0 radical (unpaired) electrons. The highest BCUT2D eigenvalue weighted by Gasteiger charge is 2.10. The van der Waals surface area contributed by atoms with E-state index in [1.165, 1.54) is 35.4 Å². The Morgan fingerprint density at radius 1 is 1.25 bits per heavy atom. The van der Waals surface area contributed by atoms with Crippen LogP contribution in [0.4, 0.5) is 3.89 Å². The Kier molecular flexibility index (Phi) is 2.57. The fourth-order valence-electron chi connectivity index (χ4n) is 1.12. The van der Waals surface area contributed by atoms with Crippen molar-refractivity contribution in [1.82, 2.24) is 15.0 Å². The Balaban J connectivity index is 2.34. The second-order valence-electron chi connectivity index (χ2n) is 2.79. The van der Waals surface area contributed by atoms with Gasteiger partial charge in [0.15, 0.2) is 0 Å². The fraction of sp³-hybridized carbons (Fsp3) is 0. The normalized spacial score (nSPS) is 11.3. The monoisotopic (exact) mass is 243 g/mol. The molecular formula is C8H6FN3O3S. The lowest BCUT2D eigenvalue weighted by atomic mass is 10.3. The van der Waals surface area contributed by atoms with Crippen LogP contribution in [0.1, 0.15) is 0 Å². The molecule has 0 saturated carbocycles. The van der Waals surface area contributed by atoms with Crippen LogP contribution in [0.2, 0.25) is 0 Å². The molecule has 1 aromatic heterocycles. The van der Waals surface area contributed by atoms with Crippen LogP contribution in [0.25, 0.3) is 5.69 Å². The molecule has 2 rings (SSSR count). The third-order valence-corrected chi connectivity index (χ3v) is 2.05. The molecule has 8 heteroatoms. The first-order valence-corrected chi connectivity index (χ1v) is 5.46. The van der Waals surface area contributed by atoms with E-state index in [9.17, 15) is 12.3 Å². The number of benzene rings is 1. The smallest absolute Gasteiger partial charge is 0.358 e. The van der Waals surface area contributed by atoms with E-state index in [4.69, 9.17) is 0 Å². The summed E-state index contributed by atoms with van der Waals surface area (Å²) in [6.45, 7) is 0. The first kappa shape index (κ1) is 10.6. The fourth-order valence-corrected chi connectivity index (χ4v) is 1.46. The molecule has 0 fully saturated rings. The predicted molar refractivity (Wildman–Crippen MR) is 52.0 cm³/mol. The van der Waals surface area contributed by atoms with E-state index in [-0.39, 0.29) is 5.75 Å². The highest BCUT2D eigenvalue weighted by atomic mass is 32.3. The van der Waals surface area contributed by atoms with Crippen molar-refractivity contribution in [2.24, 2.45) is 0 Å². The van der Waals surface area contributed by atoms with Crippen molar-refractivity contribution >= 4 is 10.5 Å². The van der Waals surface area contributed by atoms with Gasteiger partial charge in [-0.2, -0.15) is 23.4 Å². The number of hydrogen-bond acceptors (Lipinski definition) is 5. The van der Waals surface area contributed by atoms with Crippen LogP contribution in [-0.2, 0) is 10.5 Å². The molecule has 0 saturated heterocycles. The SMILES string of the molecule is O=S(=O)(F)Oc1cccc(-n2nccn2)c1. The molecule has 0 amide bonds. The van der Waals surface area contributed by atoms with Crippen molar-refractivity contribution in [2.45, 2.75) is 0 Å². The van der Waals surface area contributed by atoms with Gasteiger partial charge in [0.25, 0.3) is 0 Å². The second kappa shape index (κ2) is 3.89. The van der Waals surface area contributed by atoms with Crippen LogP contribution in [-0.4, -0.2) is 23.4 Å². The van der Waals surface area contributed by atoms with Crippen molar-refractivity contribution in [2.75, 3.05) is 0 Å². The van der Waals surface area contributed by atoms with E-state index in [0.29, 0.717) is 5.69 Å². The maximum atomic E-state index is 12.3. The molecule has 84 valence electrons. The van der Waals surface area contributed by atoms with Crippen molar-refractivity contribution in [3.8, 4) is 11.4 Å². The Labute approximate surface area is 90.7 Å². The third-order valence-electron chi connectivity index (χ3n) is 1.66. The predicted octanol–water partition coefficient (Wildman–Crippen LogP) is 0.860. The van der Waals surface area contributed by atoms with Crippen molar-refractivity contribution < 1.29 is 16.5 Å². The minimum Gasteiger partial charge on any atom is -0.358 e. The molecular weight excluding hydrogens is 237 g/mol. The molecule has 6 nitrogen and oxygen atoms in total. The summed E-state index contributed by atoms with van der Waals surface area (Å²) >= 11 is 0. The van der Waals surface area contributed by atoms with E-state index < -0.39 is 10.5 Å². The number of hydrogen-bond donors (Lipinski definition) is 0. The van der Waals surface area contributed by atoms with Gasteiger partial charge in [0.2, 0.25) is 0 Å². The molecule has 0 spiro atoms. The molecule has 0 N–H and O–H groups in total. The van der Waals surface area contributed by atoms with E-state index in [0.717, 1.165) is 0 Å². The lowest BCUT2D eigenvalue weighted by Crippen LogP contribution is -2.03. The van der Waals surface area contributed by atoms with Gasteiger partial charge in [0.05, 0.1) is 18.1 Å². The van der Waals surface area contributed by atoms with Gasteiger partial charge in [-0.05, 0) is 12.1 Å². The Hall–Kier alpha value is -1.96. The zero-order chi connectivity index (χ0) is 11.6. The summed E-state index contributed by atoms with van der Waals surface area (Å²) in [6, 6.07) is 5.73. The van der Waals surface area contributed by atoms with Gasteiger partial charge in [-0.3, -0.25) is 0 Å². The topological polar surface area (TPSA) is 74.1 Å². The second-order valence-corrected chi connectivity index (χ2v) is 3.75. The first-order chi connectivity index (χ1) is 7.54. The largest absolute Gasteiger partial charge is 0.488 e. The van der Waals surface area contributed by atoms with Gasteiger partial charge in [0.1, 0.15) is 5.75 Å². The number of rotatable bonds is 3. The molecule has 1 aromatic carbocycles. The van der Waals surface area contributed by atoms with E-state index in [2.05, 4.69) is 14.4 Å². The Morgan fingerprint density at radius 3 is 2.56 bits per heavy atom. The first-order valence-electron chi connectivity index (χ1n) is 4.15. The lowest BCUT2D eigenvalue weighted by molar-refractivity contribution is 0.440. The van der Waals surface area contributed by atoms with Crippen LogP contribution in [0, 0.1) is 0 Å². The summed E-state index contributed by atoms with van der Waals surface area (Å²) in [5.74, 6) is -0.141. The number of nitrogens with zero attached hydrogens (tertiary/aromatic N) is 3. The average Bonchev–Trinajstić information content (AvgIpc) is 2.68. The maximum absolute atomic E-state index is 12.3. The molecule has 1 heterocycles. The van der Waals surface area contributed by atoms with Crippen LogP contribution >= 0.6 is 0 Å². The Morgan fingerprint density at radius 2 is 1.94 bits per heavy atom. The van der Waals surface area contributed by atoms with Crippen LogP contribution < -0.4 is 4.18 Å². The van der Waals surface area contributed by atoms with Gasteiger partial charge >= 0.3 is 10.5 Å². The minimum absolute atomic E-state index is 0.141. The summed E-state index contributed by atoms with van der Waals surface area (Å²) in [4.78, 5) is 1.25. The Bertz CT molecular complexity index is 582. The van der Waals surface area contributed by atoms with E-state index in [1.54, 1.807) is 6.07 Å². The lowest BCUT2D eigenvalue weighted by Gasteiger charge is -2.02. The summed E-state index contributed by atoms with van der Waals surface area (Å²) in [7, 11) is -5.01. The third kappa shape index (κ3) is 2.54. The quantitative estimate of drug-likeness (QED) is 0.747. The molecule has 16 heavy (non-hydrogen) atoms. The van der Waals surface area contributed by atoms with Crippen molar-refractivity contribution in [3.05, 3.63) is 36.7 Å². The maximum Gasteiger partial charge on any atom is 0.488 e. The van der Waals surface area contributed by atoms with Gasteiger partial charge in [-0.25, -0.2) is 0 Å².